The van der Waals surface area contributed by atoms with Gasteiger partial charge in [-0.25, -0.2) is 0 Å². The van der Waals surface area contributed by atoms with Gasteiger partial charge in [0.1, 0.15) is 0 Å². The lowest BCUT2D eigenvalue weighted by Gasteiger charge is -2.30. The van der Waals surface area contributed by atoms with Gasteiger partial charge in [0.05, 0.1) is 0 Å². The Morgan fingerprint density at radius 3 is 2.81 bits per heavy atom. The first-order chi connectivity index (χ1) is 10.4. The number of fused-ring (bicyclic) bond motifs is 1. The van der Waals surface area contributed by atoms with Crippen LogP contribution in [0.25, 0.3) is 0 Å². The van der Waals surface area contributed by atoms with Crippen molar-refractivity contribution in [2.75, 3.05) is 0 Å². The zero-order chi connectivity index (χ0) is 14.5. The monoisotopic (exact) mass is 285 g/mol. The number of hydrogen-bond donors (Lipinski definition) is 1. The number of benzene rings is 1. The zero-order valence-corrected chi connectivity index (χ0v) is 13.6. The molecule has 1 N–H and O–H groups in total. The minimum Gasteiger partial charge on any atom is -0.307 e. The van der Waals surface area contributed by atoms with Crippen molar-refractivity contribution in [1.82, 2.24) is 5.32 Å². The van der Waals surface area contributed by atoms with Gasteiger partial charge in [-0.05, 0) is 55.6 Å². The molecule has 0 amide bonds. The standard InChI is InChI=1S/C20H31N/c1-2-7-16-8-5-11-18(15-14-16)21-20-13-6-10-17-9-3-4-12-19(17)20/h3-4,9,12,16,18,20-21H,2,5-8,10-11,13-15H2,1H3. The molecule has 2 aliphatic rings. The molecule has 0 aliphatic heterocycles. The molecule has 1 nitrogen and oxygen atoms in total. The highest BCUT2D eigenvalue weighted by atomic mass is 15.0. The molecule has 0 radical (unpaired) electrons. The van der Waals surface area contributed by atoms with Crippen LogP contribution in [0.1, 0.15) is 81.9 Å². The average molecular weight is 285 g/mol. The molecular formula is C20H31N. The third-order valence-electron chi connectivity index (χ3n) is 5.59. The molecule has 116 valence electrons. The third-order valence-corrected chi connectivity index (χ3v) is 5.59. The van der Waals surface area contributed by atoms with Crippen molar-refractivity contribution in [2.24, 2.45) is 5.92 Å². The largest absolute Gasteiger partial charge is 0.307 e. The van der Waals surface area contributed by atoms with Crippen LogP contribution in [0.5, 0.6) is 0 Å². The molecule has 2 aliphatic carbocycles. The highest BCUT2D eigenvalue weighted by molar-refractivity contribution is 5.32. The summed E-state index contributed by atoms with van der Waals surface area (Å²) in [5.41, 5.74) is 3.16. The van der Waals surface area contributed by atoms with Crippen LogP contribution in [0.2, 0.25) is 0 Å². The zero-order valence-electron chi connectivity index (χ0n) is 13.6. The molecule has 1 aromatic carbocycles. The second-order valence-electron chi connectivity index (χ2n) is 7.17. The molecule has 21 heavy (non-hydrogen) atoms. The van der Waals surface area contributed by atoms with Crippen LogP contribution in [0.15, 0.2) is 24.3 Å². The maximum Gasteiger partial charge on any atom is 0.0325 e. The molecule has 3 unspecified atom stereocenters. The lowest BCUT2D eigenvalue weighted by Crippen LogP contribution is -2.34. The van der Waals surface area contributed by atoms with Crippen molar-refractivity contribution in [2.45, 2.75) is 83.2 Å². The van der Waals surface area contributed by atoms with Gasteiger partial charge >= 0.3 is 0 Å². The first kappa shape index (κ1) is 15.1. The van der Waals surface area contributed by atoms with Crippen LogP contribution in [-0.4, -0.2) is 6.04 Å². The molecule has 0 spiro atoms. The van der Waals surface area contributed by atoms with E-state index in [1.165, 1.54) is 64.2 Å². The van der Waals surface area contributed by atoms with Crippen LogP contribution in [0.4, 0.5) is 0 Å². The van der Waals surface area contributed by atoms with Gasteiger partial charge in [-0.3, -0.25) is 0 Å². The van der Waals surface area contributed by atoms with Crippen molar-refractivity contribution in [3.8, 4) is 0 Å². The molecule has 0 saturated heterocycles. The van der Waals surface area contributed by atoms with Crippen molar-refractivity contribution in [3.63, 3.8) is 0 Å². The molecule has 3 rings (SSSR count). The predicted molar refractivity (Wildman–Crippen MR) is 90.5 cm³/mol. The summed E-state index contributed by atoms with van der Waals surface area (Å²) in [5.74, 6) is 1.00. The summed E-state index contributed by atoms with van der Waals surface area (Å²) in [5, 5.41) is 4.02. The Morgan fingerprint density at radius 1 is 1.00 bits per heavy atom. The lowest BCUT2D eigenvalue weighted by molar-refractivity contribution is 0.360. The smallest absolute Gasteiger partial charge is 0.0325 e. The number of hydrogen-bond acceptors (Lipinski definition) is 1. The molecule has 1 heteroatoms. The van der Waals surface area contributed by atoms with Crippen molar-refractivity contribution in [3.05, 3.63) is 35.4 Å². The van der Waals surface area contributed by atoms with Gasteiger partial charge in [0, 0.05) is 12.1 Å². The Kier molecular flexibility index (Phi) is 5.35. The molecule has 1 saturated carbocycles. The fourth-order valence-corrected chi connectivity index (χ4v) is 4.45. The summed E-state index contributed by atoms with van der Waals surface area (Å²) >= 11 is 0. The minimum absolute atomic E-state index is 0.614. The summed E-state index contributed by atoms with van der Waals surface area (Å²) in [6, 6.07) is 10.5. The maximum atomic E-state index is 4.02. The van der Waals surface area contributed by atoms with Gasteiger partial charge in [0.25, 0.3) is 0 Å². The Bertz CT molecular complexity index is 439. The van der Waals surface area contributed by atoms with E-state index in [-0.39, 0.29) is 0 Å². The van der Waals surface area contributed by atoms with Gasteiger partial charge in [0.2, 0.25) is 0 Å². The maximum absolute atomic E-state index is 4.02. The van der Waals surface area contributed by atoms with E-state index < -0.39 is 0 Å². The Hall–Kier alpha value is -0.820. The highest BCUT2D eigenvalue weighted by Crippen LogP contribution is 2.32. The summed E-state index contributed by atoms with van der Waals surface area (Å²) < 4.78 is 0. The third kappa shape index (κ3) is 3.88. The first-order valence-corrected chi connectivity index (χ1v) is 9.20. The number of nitrogens with one attached hydrogen (secondary N) is 1. The van der Waals surface area contributed by atoms with Crippen LogP contribution in [0, 0.1) is 5.92 Å². The van der Waals surface area contributed by atoms with Gasteiger partial charge in [-0.15, -0.1) is 0 Å². The SMILES string of the molecule is CCCC1CCCC(NC2CCCc3ccccc32)CC1. The minimum atomic E-state index is 0.614. The molecular weight excluding hydrogens is 254 g/mol. The summed E-state index contributed by atoms with van der Waals surface area (Å²) in [4.78, 5) is 0. The molecule has 1 aromatic rings. The van der Waals surface area contributed by atoms with E-state index >= 15 is 0 Å². The topological polar surface area (TPSA) is 12.0 Å². The fraction of sp³-hybridized carbons (Fsp3) is 0.700. The summed E-state index contributed by atoms with van der Waals surface area (Å²) in [6.07, 6.45) is 13.9. The Morgan fingerprint density at radius 2 is 1.90 bits per heavy atom. The Balaban J connectivity index is 1.60. The van der Waals surface area contributed by atoms with Crippen molar-refractivity contribution < 1.29 is 0 Å². The van der Waals surface area contributed by atoms with Crippen LogP contribution in [0.3, 0.4) is 0 Å². The predicted octanol–water partition coefficient (Wildman–Crippen LogP) is 5.40. The molecule has 0 heterocycles. The first-order valence-electron chi connectivity index (χ1n) is 9.20. The second-order valence-corrected chi connectivity index (χ2v) is 7.17. The van der Waals surface area contributed by atoms with E-state index in [0.29, 0.717) is 6.04 Å². The van der Waals surface area contributed by atoms with E-state index in [9.17, 15) is 0 Å². The van der Waals surface area contributed by atoms with Gasteiger partial charge in [-0.2, -0.15) is 0 Å². The van der Waals surface area contributed by atoms with Crippen LogP contribution in [-0.2, 0) is 6.42 Å². The molecule has 0 aromatic heterocycles. The van der Waals surface area contributed by atoms with Crippen molar-refractivity contribution in [1.29, 1.82) is 0 Å². The fourth-order valence-electron chi connectivity index (χ4n) is 4.45. The van der Waals surface area contributed by atoms with E-state index in [1.807, 2.05) is 0 Å². The van der Waals surface area contributed by atoms with Crippen molar-refractivity contribution >= 4 is 0 Å². The number of aryl methyl sites for hydroxylation is 1. The van der Waals surface area contributed by atoms with Crippen LogP contribution < -0.4 is 5.32 Å². The van der Waals surface area contributed by atoms with E-state index in [1.54, 1.807) is 11.1 Å². The number of rotatable bonds is 4. The quantitative estimate of drug-likeness (QED) is 0.730. The van der Waals surface area contributed by atoms with Crippen LogP contribution >= 0.6 is 0 Å². The Labute approximate surface area is 130 Å². The molecule has 1 fully saturated rings. The average Bonchev–Trinajstić information content (AvgIpc) is 2.74. The normalized spacial score (nSPS) is 29.7. The molecule has 0 bridgehead atoms. The lowest BCUT2D eigenvalue weighted by atomic mass is 9.87. The highest BCUT2D eigenvalue weighted by Gasteiger charge is 2.24. The van der Waals surface area contributed by atoms with E-state index in [0.717, 1.165) is 12.0 Å². The summed E-state index contributed by atoms with van der Waals surface area (Å²) in [6.45, 7) is 2.33. The molecule has 3 atom stereocenters. The van der Waals surface area contributed by atoms with Gasteiger partial charge in [0.15, 0.2) is 0 Å². The van der Waals surface area contributed by atoms with E-state index in [4.69, 9.17) is 0 Å². The van der Waals surface area contributed by atoms with E-state index in [2.05, 4.69) is 36.5 Å². The second kappa shape index (κ2) is 7.45. The van der Waals surface area contributed by atoms with Gasteiger partial charge in [-0.1, -0.05) is 56.9 Å². The van der Waals surface area contributed by atoms with Gasteiger partial charge < -0.3 is 5.32 Å². The summed E-state index contributed by atoms with van der Waals surface area (Å²) in [7, 11) is 0.